The third-order valence-electron chi connectivity index (χ3n) is 2.03. The van der Waals surface area contributed by atoms with Crippen molar-refractivity contribution in [3.8, 4) is 0 Å². The van der Waals surface area contributed by atoms with Crippen LogP contribution in [-0.4, -0.2) is 10.7 Å². The number of hydrogen-bond donors (Lipinski definition) is 1. The normalized spacial score (nSPS) is 12.8. The first-order valence-corrected chi connectivity index (χ1v) is 5.55. The maximum Gasteiger partial charge on any atom is 0.0638 e. The van der Waals surface area contributed by atoms with Crippen molar-refractivity contribution in [2.75, 3.05) is 11.5 Å². The van der Waals surface area contributed by atoms with Gasteiger partial charge in [-0.25, -0.2) is 0 Å². The van der Waals surface area contributed by atoms with Gasteiger partial charge in [0.15, 0.2) is 0 Å². The fraction of sp³-hybridized carbons (Fsp3) is 0.500. The Morgan fingerprint density at radius 1 is 1.62 bits per heavy atom. The largest absolute Gasteiger partial charge is 0.397 e. The predicted octanol–water partition coefficient (Wildman–Crippen LogP) is 2.80. The molecule has 1 aromatic rings. The summed E-state index contributed by atoms with van der Waals surface area (Å²) in [6.45, 7) is 4.46. The minimum atomic E-state index is 0.748. The Labute approximate surface area is 83.9 Å². The van der Waals surface area contributed by atoms with Crippen LogP contribution in [0.4, 0.5) is 5.69 Å². The lowest BCUT2D eigenvalue weighted by atomic mass is 10.2. The van der Waals surface area contributed by atoms with E-state index >= 15 is 0 Å². The van der Waals surface area contributed by atoms with Crippen molar-refractivity contribution >= 4 is 17.4 Å². The lowest BCUT2D eigenvalue weighted by Gasteiger charge is -2.08. The maximum absolute atomic E-state index is 5.76. The number of pyridine rings is 1. The molecule has 0 saturated carbocycles. The number of nitrogens with two attached hydrogens (primary N) is 1. The van der Waals surface area contributed by atoms with E-state index in [9.17, 15) is 0 Å². The highest BCUT2D eigenvalue weighted by Crippen LogP contribution is 2.25. The number of anilines is 1. The average Bonchev–Trinajstić information content (AvgIpc) is 2.16. The Bertz CT molecular complexity index is 263. The second-order valence-electron chi connectivity index (χ2n) is 3.24. The van der Waals surface area contributed by atoms with Gasteiger partial charge in [-0.3, -0.25) is 4.98 Å². The summed E-state index contributed by atoms with van der Waals surface area (Å²) in [5, 5.41) is 0. The molecule has 0 aliphatic heterocycles. The highest BCUT2D eigenvalue weighted by atomic mass is 32.2. The molecule has 1 rings (SSSR count). The fourth-order valence-electron chi connectivity index (χ4n) is 0.875. The lowest BCUT2D eigenvalue weighted by molar-refractivity contribution is 0.637. The molecule has 1 unspecified atom stereocenters. The van der Waals surface area contributed by atoms with Crippen LogP contribution < -0.4 is 5.73 Å². The van der Waals surface area contributed by atoms with Crippen molar-refractivity contribution in [3.63, 3.8) is 0 Å². The van der Waals surface area contributed by atoms with Crippen molar-refractivity contribution in [1.29, 1.82) is 0 Å². The Morgan fingerprint density at radius 3 is 3.00 bits per heavy atom. The summed E-state index contributed by atoms with van der Waals surface area (Å²) >= 11 is 1.81. The number of nitrogens with zero attached hydrogens (tertiary/aromatic N) is 1. The number of hydrogen-bond acceptors (Lipinski definition) is 3. The van der Waals surface area contributed by atoms with E-state index < -0.39 is 0 Å². The second kappa shape index (κ2) is 5.12. The molecule has 0 spiro atoms. The minimum Gasteiger partial charge on any atom is -0.397 e. The highest BCUT2D eigenvalue weighted by molar-refractivity contribution is 7.99. The van der Waals surface area contributed by atoms with Crippen LogP contribution in [0.15, 0.2) is 23.4 Å². The van der Waals surface area contributed by atoms with Crippen molar-refractivity contribution < 1.29 is 0 Å². The fourth-order valence-corrected chi connectivity index (χ4v) is 1.95. The zero-order valence-corrected chi connectivity index (χ0v) is 8.97. The van der Waals surface area contributed by atoms with Gasteiger partial charge < -0.3 is 5.73 Å². The van der Waals surface area contributed by atoms with Crippen molar-refractivity contribution in [2.24, 2.45) is 5.92 Å². The first kappa shape index (κ1) is 10.4. The molecule has 0 amide bonds. The molecule has 2 N–H and O–H groups in total. The summed E-state index contributed by atoms with van der Waals surface area (Å²) in [5.41, 5.74) is 6.55. The first-order chi connectivity index (χ1) is 6.24. The molecule has 13 heavy (non-hydrogen) atoms. The van der Waals surface area contributed by atoms with Gasteiger partial charge in [-0.2, -0.15) is 0 Å². The highest BCUT2D eigenvalue weighted by Gasteiger charge is 2.02. The number of thioether (sulfide) groups is 1. The summed E-state index contributed by atoms with van der Waals surface area (Å²) in [6.07, 6.45) is 4.71. The van der Waals surface area contributed by atoms with Gasteiger partial charge in [-0.05, 0) is 12.0 Å². The SMILES string of the molecule is CCC(C)CSc1ccncc1N. The average molecular weight is 196 g/mol. The van der Waals surface area contributed by atoms with Gasteiger partial charge in [0.25, 0.3) is 0 Å². The van der Waals surface area contributed by atoms with E-state index in [0.29, 0.717) is 0 Å². The summed E-state index contributed by atoms with van der Waals surface area (Å²) in [5.74, 6) is 1.88. The van der Waals surface area contributed by atoms with Crippen molar-refractivity contribution in [3.05, 3.63) is 18.5 Å². The summed E-state index contributed by atoms with van der Waals surface area (Å²) < 4.78 is 0. The number of nitrogen functional groups attached to an aromatic ring is 1. The van der Waals surface area contributed by atoms with Crippen LogP contribution in [0.25, 0.3) is 0 Å². The summed E-state index contributed by atoms with van der Waals surface area (Å²) in [7, 11) is 0. The molecule has 2 nitrogen and oxygen atoms in total. The molecule has 0 aromatic carbocycles. The van der Waals surface area contributed by atoms with Crippen LogP contribution in [0.3, 0.4) is 0 Å². The molecule has 0 radical (unpaired) electrons. The molecular formula is C10H16N2S. The molecule has 3 heteroatoms. The standard InChI is InChI=1S/C10H16N2S/c1-3-8(2)7-13-10-4-5-12-6-9(10)11/h4-6,8H,3,7,11H2,1-2H3. The molecular weight excluding hydrogens is 180 g/mol. The molecule has 0 aliphatic rings. The summed E-state index contributed by atoms with van der Waals surface area (Å²) in [4.78, 5) is 5.10. The van der Waals surface area contributed by atoms with E-state index in [2.05, 4.69) is 18.8 Å². The van der Waals surface area contributed by atoms with Gasteiger partial charge in [0.2, 0.25) is 0 Å². The van der Waals surface area contributed by atoms with Gasteiger partial charge >= 0.3 is 0 Å². The molecule has 1 heterocycles. The van der Waals surface area contributed by atoms with Crippen LogP contribution in [0, 0.1) is 5.92 Å². The molecule has 72 valence electrons. The second-order valence-corrected chi connectivity index (χ2v) is 4.30. The third-order valence-corrected chi connectivity index (χ3v) is 3.45. The molecule has 1 atom stereocenters. The summed E-state index contributed by atoms with van der Waals surface area (Å²) in [6, 6.07) is 1.97. The third kappa shape index (κ3) is 3.27. The van der Waals surface area contributed by atoms with Gasteiger partial charge in [0.1, 0.15) is 0 Å². The lowest BCUT2D eigenvalue weighted by Crippen LogP contribution is -1.96. The van der Waals surface area contributed by atoms with Gasteiger partial charge in [0.05, 0.1) is 11.9 Å². The molecule has 1 aromatic heterocycles. The van der Waals surface area contributed by atoms with Gasteiger partial charge in [-0.15, -0.1) is 11.8 Å². The first-order valence-electron chi connectivity index (χ1n) is 4.56. The van der Waals surface area contributed by atoms with Crippen molar-refractivity contribution in [1.82, 2.24) is 4.98 Å². The van der Waals surface area contributed by atoms with Gasteiger partial charge in [0, 0.05) is 16.8 Å². The monoisotopic (exact) mass is 196 g/mol. The van der Waals surface area contributed by atoms with E-state index in [0.717, 1.165) is 22.3 Å². The van der Waals surface area contributed by atoms with Gasteiger partial charge in [-0.1, -0.05) is 20.3 Å². The Balaban J connectivity index is 2.50. The van der Waals surface area contributed by atoms with E-state index in [1.165, 1.54) is 6.42 Å². The van der Waals surface area contributed by atoms with Crippen LogP contribution in [0.5, 0.6) is 0 Å². The van der Waals surface area contributed by atoms with E-state index in [4.69, 9.17) is 5.73 Å². The van der Waals surface area contributed by atoms with Crippen LogP contribution in [0.2, 0.25) is 0 Å². The predicted molar refractivity (Wildman–Crippen MR) is 58.8 cm³/mol. The molecule has 0 aliphatic carbocycles. The maximum atomic E-state index is 5.76. The zero-order valence-electron chi connectivity index (χ0n) is 8.16. The Hall–Kier alpha value is -0.700. The Morgan fingerprint density at radius 2 is 2.38 bits per heavy atom. The van der Waals surface area contributed by atoms with Crippen molar-refractivity contribution in [2.45, 2.75) is 25.2 Å². The quantitative estimate of drug-likeness (QED) is 0.753. The van der Waals surface area contributed by atoms with E-state index in [-0.39, 0.29) is 0 Å². The van der Waals surface area contributed by atoms with Crippen LogP contribution in [0.1, 0.15) is 20.3 Å². The molecule has 0 bridgehead atoms. The van der Waals surface area contributed by atoms with E-state index in [1.54, 1.807) is 12.4 Å². The molecule has 0 fully saturated rings. The van der Waals surface area contributed by atoms with E-state index in [1.807, 2.05) is 17.8 Å². The Kier molecular flexibility index (Phi) is 4.09. The topological polar surface area (TPSA) is 38.9 Å². The molecule has 0 saturated heterocycles. The number of rotatable bonds is 4. The zero-order chi connectivity index (χ0) is 9.68. The van der Waals surface area contributed by atoms with Crippen LogP contribution >= 0.6 is 11.8 Å². The minimum absolute atomic E-state index is 0.748. The van der Waals surface area contributed by atoms with Crippen LogP contribution in [-0.2, 0) is 0 Å². The smallest absolute Gasteiger partial charge is 0.0638 e. The number of aromatic nitrogens is 1.